The molecule has 1 heterocycles. The molecule has 0 unspecified atom stereocenters. The van der Waals surface area contributed by atoms with Crippen molar-refractivity contribution in [3.8, 4) is 0 Å². The molecule has 128 valence electrons. The molecule has 0 aliphatic carbocycles. The highest BCUT2D eigenvalue weighted by Crippen LogP contribution is 2.22. The van der Waals surface area contributed by atoms with E-state index in [1.165, 1.54) is 6.07 Å². The van der Waals surface area contributed by atoms with Crippen LogP contribution in [0.3, 0.4) is 0 Å². The van der Waals surface area contributed by atoms with Gasteiger partial charge < -0.3 is 10.2 Å². The molecule has 1 atom stereocenters. The Bertz CT molecular complexity index is 513. The number of hydrogen-bond donors (Lipinski definition) is 1. The molecule has 1 amide bonds. The summed E-state index contributed by atoms with van der Waals surface area (Å²) >= 11 is 0. The Hall–Kier alpha value is -1.46. The summed E-state index contributed by atoms with van der Waals surface area (Å²) in [7, 11) is 3.58. The molecule has 23 heavy (non-hydrogen) atoms. The average molecular weight is 321 g/mol. The number of likely N-dealkylation sites (tertiary alicyclic amines) is 1. The molecule has 2 rings (SSSR count). The number of likely N-dealkylation sites (N-methyl/N-ethyl adjacent to an activating group) is 1. The van der Waals surface area contributed by atoms with Crippen LogP contribution in [0.5, 0.6) is 0 Å². The third-order valence-electron chi connectivity index (χ3n) is 4.57. The van der Waals surface area contributed by atoms with Crippen molar-refractivity contribution in [2.24, 2.45) is 0 Å². The average Bonchev–Trinajstić information content (AvgIpc) is 2.55. The molecule has 1 aliphatic heterocycles. The van der Waals surface area contributed by atoms with Crippen LogP contribution in [-0.2, 0) is 4.79 Å². The van der Waals surface area contributed by atoms with Crippen molar-refractivity contribution in [1.29, 1.82) is 0 Å². The standard InChI is InChI=1S/C18H28FN3O/c1-4-17(15-7-5-6-8-16(15)19)20-14-9-11-22(12-10-14)13-18(23)21(2)3/h5-8,14,17,20H,4,9-13H2,1-3H3/t17-/m1/s1. The molecule has 1 aliphatic rings. The van der Waals surface area contributed by atoms with Crippen LogP contribution < -0.4 is 5.32 Å². The van der Waals surface area contributed by atoms with Gasteiger partial charge in [-0.2, -0.15) is 0 Å². The minimum atomic E-state index is -0.138. The second kappa shape index (κ2) is 8.41. The van der Waals surface area contributed by atoms with E-state index >= 15 is 0 Å². The number of rotatable bonds is 6. The SMILES string of the molecule is CC[C@@H](NC1CCN(CC(=O)N(C)C)CC1)c1ccccc1F. The smallest absolute Gasteiger partial charge is 0.236 e. The maximum Gasteiger partial charge on any atom is 0.236 e. The van der Waals surface area contributed by atoms with E-state index in [0.717, 1.165) is 37.9 Å². The third-order valence-corrected chi connectivity index (χ3v) is 4.57. The van der Waals surface area contributed by atoms with Crippen molar-refractivity contribution >= 4 is 5.91 Å². The highest BCUT2D eigenvalue weighted by molar-refractivity contribution is 5.77. The number of piperidine rings is 1. The number of nitrogens with zero attached hydrogens (tertiary/aromatic N) is 2. The number of carbonyl (C=O) groups is 1. The largest absolute Gasteiger partial charge is 0.348 e. The maximum atomic E-state index is 14.0. The van der Waals surface area contributed by atoms with Gasteiger partial charge in [0.1, 0.15) is 5.82 Å². The van der Waals surface area contributed by atoms with E-state index < -0.39 is 0 Å². The summed E-state index contributed by atoms with van der Waals surface area (Å²) in [6, 6.07) is 7.43. The predicted molar refractivity (Wildman–Crippen MR) is 90.7 cm³/mol. The quantitative estimate of drug-likeness (QED) is 0.874. The van der Waals surface area contributed by atoms with Crippen LogP contribution in [0.25, 0.3) is 0 Å². The Kier molecular flexibility index (Phi) is 6.54. The zero-order valence-electron chi connectivity index (χ0n) is 14.4. The molecule has 5 heteroatoms. The molecule has 1 saturated heterocycles. The summed E-state index contributed by atoms with van der Waals surface area (Å²) in [5.41, 5.74) is 0.750. The molecule has 1 N–H and O–H groups in total. The molecule has 1 fully saturated rings. The second-order valence-corrected chi connectivity index (χ2v) is 6.49. The van der Waals surface area contributed by atoms with Crippen molar-refractivity contribution < 1.29 is 9.18 Å². The highest BCUT2D eigenvalue weighted by Gasteiger charge is 2.24. The van der Waals surface area contributed by atoms with Gasteiger partial charge in [0.2, 0.25) is 5.91 Å². The Morgan fingerprint density at radius 1 is 1.35 bits per heavy atom. The maximum absolute atomic E-state index is 14.0. The van der Waals surface area contributed by atoms with Crippen LogP contribution in [0.15, 0.2) is 24.3 Å². The van der Waals surface area contributed by atoms with Crippen LogP contribution in [0, 0.1) is 5.82 Å². The number of nitrogens with one attached hydrogen (secondary N) is 1. The minimum Gasteiger partial charge on any atom is -0.348 e. The van der Waals surface area contributed by atoms with Crippen LogP contribution in [-0.4, -0.2) is 55.5 Å². The summed E-state index contributed by atoms with van der Waals surface area (Å²) in [6.07, 6.45) is 2.84. The first kappa shape index (κ1) is 17.9. The van der Waals surface area contributed by atoms with Crippen molar-refractivity contribution in [3.05, 3.63) is 35.6 Å². The fraction of sp³-hybridized carbons (Fsp3) is 0.611. The second-order valence-electron chi connectivity index (χ2n) is 6.49. The summed E-state index contributed by atoms with van der Waals surface area (Å²) in [4.78, 5) is 15.6. The number of amides is 1. The minimum absolute atomic E-state index is 0.0520. The summed E-state index contributed by atoms with van der Waals surface area (Å²) in [5, 5.41) is 3.60. The van der Waals surface area contributed by atoms with E-state index in [1.54, 1.807) is 25.1 Å². The molecule has 0 radical (unpaired) electrons. The number of halogens is 1. The normalized spacial score (nSPS) is 17.9. The molecule has 4 nitrogen and oxygen atoms in total. The lowest BCUT2D eigenvalue weighted by molar-refractivity contribution is -0.130. The molecule has 1 aromatic rings. The van der Waals surface area contributed by atoms with Gasteiger partial charge in [-0.25, -0.2) is 4.39 Å². The van der Waals surface area contributed by atoms with Gasteiger partial charge in [-0.05, 0) is 25.3 Å². The molecule has 1 aromatic carbocycles. The first-order chi connectivity index (χ1) is 11.0. The van der Waals surface area contributed by atoms with Gasteiger partial charge in [-0.15, -0.1) is 0 Å². The van der Waals surface area contributed by atoms with E-state index in [-0.39, 0.29) is 17.8 Å². The van der Waals surface area contributed by atoms with Crippen LogP contribution in [0.4, 0.5) is 4.39 Å². The molecule has 0 saturated carbocycles. The zero-order chi connectivity index (χ0) is 16.8. The first-order valence-electron chi connectivity index (χ1n) is 8.44. The van der Waals surface area contributed by atoms with Crippen molar-refractivity contribution in [2.45, 2.75) is 38.3 Å². The highest BCUT2D eigenvalue weighted by atomic mass is 19.1. The first-order valence-corrected chi connectivity index (χ1v) is 8.44. The van der Waals surface area contributed by atoms with E-state index in [1.807, 2.05) is 12.1 Å². The Morgan fingerprint density at radius 3 is 2.57 bits per heavy atom. The van der Waals surface area contributed by atoms with Gasteiger partial charge in [-0.3, -0.25) is 9.69 Å². The number of hydrogen-bond acceptors (Lipinski definition) is 3. The summed E-state index contributed by atoms with van der Waals surface area (Å²) < 4.78 is 14.0. The lowest BCUT2D eigenvalue weighted by atomic mass is 9.99. The van der Waals surface area contributed by atoms with E-state index in [9.17, 15) is 9.18 Å². The van der Waals surface area contributed by atoms with E-state index in [0.29, 0.717) is 12.6 Å². The number of carbonyl (C=O) groups excluding carboxylic acids is 1. The van der Waals surface area contributed by atoms with E-state index in [4.69, 9.17) is 0 Å². The molecule has 0 aromatic heterocycles. The summed E-state index contributed by atoms with van der Waals surface area (Å²) in [5.74, 6) is 0.00932. The van der Waals surface area contributed by atoms with Crippen molar-refractivity contribution in [1.82, 2.24) is 15.1 Å². The van der Waals surface area contributed by atoms with Crippen molar-refractivity contribution in [2.75, 3.05) is 33.7 Å². The van der Waals surface area contributed by atoms with E-state index in [2.05, 4.69) is 17.1 Å². The molecular weight excluding hydrogens is 293 g/mol. The van der Waals surface area contributed by atoms with Crippen LogP contribution >= 0.6 is 0 Å². The molecule has 0 bridgehead atoms. The lowest BCUT2D eigenvalue weighted by Gasteiger charge is -2.34. The van der Waals surface area contributed by atoms with Gasteiger partial charge in [-0.1, -0.05) is 25.1 Å². The topological polar surface area (TPSA) is 35.6 Å². The van der Waals surface area contributed by atoms with Gasteiger partial charge in [0.15, 0.2) is 0 Å². The lowest BCUT2D eigenvalue weighted by Crippen LogP contribution is -2.46. The molecule has 0 spiro atoms. The third kappa shape index (κ3) is 5.01. The van der Waals surface area contributed by atoms with Crippen LogP contribution in [0.1, 0.15) is 37.8 Å². The Morgan fingerprint density at radius 2 is 2.00 bits per heavy atom. The Balaban J connectivity index is 1.85. The number of benzene rings is 1. The van der Waals surface area contributed by atoms with Crippen molar-refractivity contribution in [3.63, 3.8) is 0 Å². The van der Waals surface area contributed by atoms with Crippen LogP contribution in [0.2, 0.25) is 0 Å². The fourth-order valence-electron chi connectivity index (χ4n) is 3.06. The molecular formula is C18H28FN3O. The predicted octanol–water partition coefficient (Wildman–Crippen LogP) is 2.42. The fourth-order valence-corrected chi connectivity index (χ4v) is 3.06. The van der Waals surface area contributed by atoms with Gasteiger partial charge in [0.25, 0.3) is 0 Å². The van der Waals surface area contributed by atoms with Gasteiger partial charge >= 0.3 is 0 Å². The monoisotopic (exact) mass is 321 g/mol. The Labute approximate surface area is 138 Å². The van der Waals surface area contributed by atoms with Gasteiger partial charge in [0.05, 0.1) is 6.54 Å². The van der Waals surface area contributed by atoms with Gasteiger partial charge in [0, 0.05) is 44.8 Å². The summed E-state index contributed by atoms with van der Waals surface area (Å²) in [6.45, 7) is 4.38. The zero-order valence-corrected chi connectivity index (χ0v) is 14.4.